The van der Waals surface area contributed by atoms with Gasteiger partial charge in [-0.2, -0.15) is 0 Å². The highest BCUT2D eigenvalue weighted by Gasteiger charge is 2.17. The Morgan fingerprint density at radius 3 is 2.71 bits per heavy atom. The highest BCUT2D eigenvalue weighted by Crippen LogP contribution is 2.32. The highest BCUT2D eigenvalue weighted by atomic mass is 16.6. The number of aldehydes is 1. The molecule has 17 heavy (non-hydrogen) atoms. The van der Waals surface area contributed by atoms with E-state index >= 15 is 0 Å². The third-order valence-corrected chi connectivity index (χ3v) is 3.07. The smallest absolute Gasteiger partial charge is 0.298 e. The zero-order valence-corrected chi connectivity index (χ0v) is 9.43. The monoisotopic (exact) mass is 232 g/mol. The van der Waals surface area contributed by atoms with Gasteiger partial charge in [-0.15, -0.1) is 0 Å². The average molecular weight is 232 g/mol. The zero-order chi connectivity index (χ0) is 12.3. The number of rotatable bonds is 3. The van der Waals surface area contributed by atoms with E-state index in [-0.39, 0.29) is 10.6 Å². The van der Waals surface area contributed by atoms with Crippen LogP contribution in [0.4, 0.5) is 5.69 Å². The fourth-order valence-electron chi connectivity index (χ4n) is 2.20. The third kappa shape index (κ3) is 2.41. The van der Waals surface area contributed by atoms with Crippen LogP contribution in [0.1, 0.15) is 31.2 Å². The van der Waals surface area contributed by atoms with Crippen molar-refractivity contribution in [2.45, 2.75) is 25.7 Å². The van der Waals surface area contributed by atoms with Gasteiger partial charge in [0.25, 0.3) is 4.92 Å². The molecule has 1 aromatic rings. The van der Waals surface area contributed by atoms with Gasteiger partial charge in [-0.3, -0.25) is 4.79 Å². The molecule has 1 N–H and O–H groups in total. The van der Waals surface area contributed by atoms with Gasteiger partial charge in [-0.05, 0) is 42.4 Å². The van der Waals surface area contributed by atoms with Crippen LogP contribution in [0, 0.1) is 4.91 Å². The maximum atomic E-state index is 11.0. The minimum absolute atomic E-state index is 0.159. The molecule has 0 saturated heterocycles. The summed E-state index contributed by atoms with van der Waals surface area (Å²) in [5.74, 6) is 0. The lowest BCUT2D eigenvalue weighted by atomic mass is 9.88. The average Bonchev–Trinajstić information content (AvgIpc) is 2.39. The summed E-state index contributed by atoms with van der Waals surface area (Å²) in [7, 11) is 0. The zero-order valence-electron chi connectivity index (χ0n) is 9.43. The Bertz CT molecular complexity index is 491. The molecular formula is C13H14NO3+. The molecule has 4 heteroatoms. The molecule has 0 aliphatic heterocycles. The maximum Gasteiger partial charge on any atom is 0.317 e. The molecule has 0 heterocycles. The lowest BCUT2D eigenvalue weighted by Gasteiger charge is -2.16. The van der Waals surface area contributed by atoms with Crippen molar-refractivity contribution in [1.82, 2.24) is 0 Å². The quantitative estimate of drug-likeness (QED) is 0.643. The predicted molar refractivity (Wildman–Crippen MR) is 63.0 cm³/mol. The molecule has 1 aliphatic carbocycles. The first-order valence-electron chi connectivity index (χ1n) is 5.66. The van der Waals surface area contributed by atoms with Gasteiger partial charge in [0.1, 0.15) is 6.29 Å². The van der Waals surface area contributed by atoms with E-state index in [0.29, 0.717) is 0 Å². The Labute approximate surface area is 99.1 Å². The first kappa shape index (κ1) is 11.5. The first-order chi connectivity index (χ1) is 8.22. The fourth-order valence-corrected chi connectivity index (χ4v) is 2.20. The van der Waals surface area contributed by atoms with E-state index in [9.17, 15) is 9.70 Å². The third-order valence-electron chi connectivity index (χ3n) is 3.07. The maximum absolute atomic E-state index is 11.0. The van der Waals surface area contributed by atoms with Crippen molar-refractivity contribution in [2.24, 2.45) is 0 Å². The van der Waals surface area contributed by atoms with Crippen LogP contribution < -0.4 is 0 Å². The van der Waals surface area contributed by atoms with Crippen molar-refractivity contribution in [2.75, 3.05) is 0 Å². The van der Waals surface area contributed by atoms with E-state index in [1.807, 2.05) is 6.07 Å². The molecule has 0 radical (unpaired) electrons. The van der Waals surface area contributed by atoms with Crippen LogP contribution in [0.15, 0.2) is 29.8 Å². The summed E-state index contributed by atoms with van der Waals surface area (Å²) in [6, 6.07) is 6.70. The number of carbonyl (C=O) groups is 1. The van der Waals surface area contributed by atoms with E-state index in [2.05, 4.69) is 0 Å². The SMILES string of the molecule is O=CC1=C(c2cccc([N+](=O)O)c2)CCCC1. The molecule has 0 atom stereocenters. The Hall–Kier alpha value is -1.97. The molecule has 1 aliphatic rings. The molecule has 0 amide bonds. The van der Waals surface area contributed by atoms with E-state index in [1.54, 1.807) is 12.1 Å². The van der Waals surface area contributed by atoms with E-state index < -0.39 is 0 Å². The van der Waals surface area contributed by atoms with Crippen molar-refractivity contribution in [1.29, 1.82) is 0 Å². The number of carbonyl (C=O) groups excluding carboxylic acids is 1. The molecule has 0 fully saturated rings. The molecule has 0 spiro atoms. The van der Waals surface area contributed by atoms with Crippen molar-refractivity contribution >= 4 is 17.5 Å². The molecule has 2 rings (SSSR count). The number of allylic oxidation sites excluding steroid dienone is 2. The van der Waals surface area contributed by atoms with Crippen molar-refractivity contribution in [3.05, 3.63) is 40.3 Å². The molecule has 0 saturated carbocycles. The first-order valence-corrected chi connectivity index (χ1v) is 5.66. The van der Waals surface area contributed by atoms with Crippen molar-refractivity contribution in [3.8, 4) is 0 Å². The summed E-state index contributed by atoms with van der Waals surface area (Å²) in [6.45, 7) is 0. The number of hydrogen-bond donors (Lipinski definition) is 1. The summed E-state index contributed by atoms with van der Waals surface area (Å²) in [5.41, 5.74) is 2.84. The Morgan fingerprint density at radius 1 is 1.24 bits per heavy atom. The van der Waals surface area contributed by atoms with Crippen LogP contribution in [0.25, 0.3) is 5.57 Å². The Balaban J connectivity index is 2.45. The largest absolute Gasteiger partial charge is 0.317 e. The van der Waals surface area contributed by atoms with Crippen LogP contribution in [-0.4, -0.2) is 16.4 Å². The van der Waals surface area contributed by atoms with Gasteiger partial charge in [0.15, 0.2) is 0 Å². The summed E-state index contributed by atoms with van der Waals surface area (Å²) in [4.78, 5) is 21.6. The predicted octanol–water partition coefficient (Wildman–Crippen LogP) is 3.01. The minimum atomic E-state index is -0.159. The van der Waals surface area contributed by atoms with Gasteiger partial charge in [-0.25, -0.2) is 5.21 Å². The summed E-state index contributed by atoms with van der Waals surface area (Å²) in [5, 5.41) is 8.86. The van der Waals surface area contributed by atoms with Gasteiger partial charge in [0, 0.05) is 12.1 Å². The molecule has 88 valence electrons. The van der Waals surface area contributed by atoms with Crippen LogP contribution in [0.3, 0.4) is 0 Å². The van der Waals surface area contributed by atoms with E-state index in [1.165, 1.54) is 6.07 Å². The second-order valence-corrected chi connectivity index (χ2v) is 4.15. The molecular weight excluding hydrogens is 218 g/mol. The molecule has 0 unspecified atom stereocenters. The van der Waals surface area contributed by atoms with E-state index in [4.69, 9.17) is 5.21 Å². The van der Waals surface area contributed by atoms with Crippen LogP contribution in [0.5, 0.6) is 0 Å². The second kappa shape index (κ2) is 4.91. The minimum Gasteiger partial charge on any atom is -0.298 e. The number of benzene rings is 1. The Morgan fingerprint density at radius 2 is 2.00 bits per heavy atom. The topological polar surface area (TPSA) is 57.4 Å². The lowest BCUT2D eigenvalue weighted by molar-refractivity contribution is -0.729. The Kier molecular flexibility index (Phi) is 3.32. The van der Waals surface area contributed by atoms with Crippen molar-refractivity contribution < 1.29 is 14.9 Å². The molecule has 0 aromatic heterocycles. The highest BCUT2D eigenvalue weighted by molar-refractivity contribution is 5.89. The van der Waals surface area contributed by atoms with Crippen LogP contribution in [0.2, 0.25) is 0 Å². The van der Waals surface area contributed by atoms with Crippen LogP contribution >= 0.6 is 0 Å². The van der Waals surface area contributed by atoms with Gasteiger partial charge in [0.05, 0.1) is 4.91 Å². The van der Waals surface area contributed by atoms with E-state index in [0.717, 1.165) is 48.7 Å². The fraction of sp³-hybridized carbons (Fsp3) is 0.308. The summed E-state index contributed by atoms with van der Waals surface area (Å²) < 4.78 is 0. The molecule has 4 nitrogen and oxygen atoms in total. The summed E-state index contributed by atoms with van der Waals surface area (Å²) >= 11 is 0. The molecule has 0 bridgehead atoms. The number of hydrogen-bond acceptors (Lipinski definition) is 2. The van der Waals surface area contributed by atoms with Gasteiger partial charge < -0.3 is 0 Å². The summed E-state index contributed by atoms with van der Waals surface area (Å²) in [6.07, 6.45) is 4.63. The van der Waals surface area contributed by atoms with Crippen LogP contribution in [-0.2, 0) is 4.79 Å². The second-order valence-electron chi connectivity index (χ2n) is 4.15. The normalized spacial score (nSPS) is 15.8. The van der Waals surface area contributed by atoms with Gasteiger partial charge >= 0.3 is 5.69 Å². The number of nitrogens with zero attached hydrogens (tertiary/aromatic N) is 1. The molecule has 1 aromatic carbocycles. The van der Waals surface area contributed by atoms with Gasteiger partial charge in [0.2, 0.25) is 0 Å². The standard InChI is InChI=1S/C13H14NO3/c15-9-11-4-1-2-7-13(11)10-5-3-6-12(8-10)14(16)17/h3,5-6,8-9H,1-2,4,7H2,(H,16,17)/q+1. The van der Waals surface area contributed by atoms with Crippen molar-refractivity contribution in [3.63, 3.8) is 0 Å². The lowest BCUT2D eigenvalue weighted by Crippen LogP contribution is -2.01. The van der Waals surface area contributed by atoms with Gasteiger partial charge in [-0.1, -0.05) is 12.1 Å².